The van der Waals surface area contributed by atoms with E-state index in [9.17, 15) is 18.4 Å². The van der Waals surface area contributed by atoms with Crippen LogP contribution in [0, 0.1) is 5.92 Å². The normalized spacial score (nSPS) is 15.0. The molecule has 0 bridgehead atoms. The van der Waals surface area contributed by atoms with Crippen LogP contribution in [0.5, 0.6) is 5.75 Å². The van der Waals surface area contributed by atoms with Crippen molar-refractivity contribution in [3.05, 3.63) is 29.8 Å². The first-order chi connectivity index (χ1) is 12.5. The highest BCUT2D eigenvalue weighted by Gasteiger charge is 2.28. The second-order valence-electron chi connectivity index (χ2n) is 6.02. The van der Waals surface area contributed by atoms with Gasteiger partial charge in [0.25, 0.3) is 6.43 Å². The number of carbonyl (C=O) groups excluding carboxylic acids is 2. The third-order valence-corrected chi connectivity index (χ3v) is 4.12. The van der Waals surface area contributed by atoms with Gasteiger partial charge >= 0.3 is 12.0 Å². The molecule has 0 aliphatic carbocycles. The summed E-state index contributed by atoms with van der Waals surface area (Å²) in [4.78, 5) is 25.6. The van der Waals surface area contributed by atoms with E-state index in [1.807, 2.05) is 0 Å². The summed E-state index contributed by atoms with van der Waals surface area (Å²) in [6.45, 7) is 2.72. The van der Waals surface area contributed by atoms with Crippen LogP contribution in [0.25, 0.3) is 0 Å². The van der Waals surface area contributed by atoms with Crippen LogP contribution in [-0.2, 0) is 16.1 Å². The summed E-state index contributed by atoms with van der Waals surface area (Å²) in [7, 11) is 0. The standard InChI is InChI=1S/C18H24F2N2O4/c1-2-25-17(23)14-6-8-22(9-7-14)18(24)21-11-13-4-3-5-15(10-13)26-12-16(19)20/h3-5,10,14,16H,2,6-9,11-12H2,1H3,(H,21,24). The predicted octanol–water partition coefficient (Wildman–Crippen LogP) is 2.82. The predicted molar refractivity (Wildman–Crippen MR) is 91.1 cm³/mol. The number of esters is 1. The molecule has 1 aliphatic heterocycles. The average Bonchev–Trinajstić information content (AvgIpc) is 2.65. The summed E-state index contributed by atoms with van der Waals surface area (Å²) in [6.07, 6.45) is -1.36. The van der Waals surface area contributed by atoms with Crippen LogP contribution in [0.2, 0.25) is 0 Å². The largest absolute Gasteiger partial charge is 0.488 e. The minimum absolute atomic E-state index is 0.150. The van der Waals surface area contributed by atoms with Gasteiger partial charge in [0.2, 0.25) is 0 Å². The minimum Gasteiger partial charge on any atom is -0.488 e. The van der Waals surface area contributed by atoms with Crippen LogP contribution in [0.1, 0.15) is 25.3 Å². The molecule has 1 aromatic carbocycles. The van der Waals surface area contributed by atoms with Gasteiger partial charge in [-0.15, -0.1) is 0 Å². The molecule has 1 N–H and O–H groups in total. The van der Waals surface area contributed by atoms with Gasteiger partial charge in [0.1, 0.15) is 12.4 Å². The Morgan fingerprint density at radius 1 is 1.31 bits per heavy atom. The maximum atomic E-state index is 12.2. The fraction of sp³-hybridized carbons (Fsp3) is 0.556. The van der Waals surface area contributed by atoms with Crippen molar-refractivity contribution in [2.75, 3.05) is 26.3 Å². The monoisotopic (exact) mass is 370 g/mol. The van der Waals surface area contributed by atoms with Crippen molar-refractivity contribution in [2.45, 2.75) is 32.7 Å². The molecule has 1 heterocycles. The van der Waals surface area contributed by atoms with Crippen molar-refractivity contribution in [2.24, 2.45) is 5.92 Å². The Balaban J connectivity index is 1.77. The molecule has 8 heteroatoms. The number of piperidine rings is 1. The lowest BCUT2D eigenvalue weighted by Crippen LogP contribution is -2.45. The highest BCUT2D eigenvalue weighted by Crippen LogP contribution is 2.19. The second-order valence-corrected chi connectivity index (χ2v) is 6.02. The van der Waals surface area contributed by atoms with E-state index >= 15 is 0 Å². The number of urea groups is 1. The molecule has 1 aromatic rings. The summed E-state index contributed by atoms with van der Waals surface area (Å²) >= 11 is 0. The number of ether oxygens (including phenoxy) is 2. The van der Waals surface area contributed by atoms with Crippen LogP contribution in [0.4, 0.5) is 13.6 Å². The molecule has 0 atom stereocenters. The van der Waals surface area contributed by atoms with E-state index in [4.69, 9.17) is 9.47 Å². The van der Waals surface area contributed by atoms with E-state index in [2.05, 4.69) is 5.32 Å². The molecule has 0 saturated carbocycles. The Bertz CT molecular complexity index is 605. The smallest absolute Gasteiger partial charge is 0.317 e. The van der Waals surface area contributed by atoms with Gasteiger partial charge in [0.05, 0.1) is 12.5 Å². The number of hydrogen-bond acceptors (Lipinski definition) is 4. The fourth-order valence-corrected chi connectivity index (χ4v) is 2.77. The zero-order chi connectivity index (χ0) is 18.9. The van der Waals surface area contributed by atoms with Gasteiger partial charge in [-0.25, -0.2) is 13.6 Å². The Morgan fingerprint density at radius 3 is 2.69 bits per heavy atom. The van der Waals surface area contributed by atoms with E-state index < -0.39 is 13.0 Å². The van der Waals surface area contributed by atoms with Gasteiger partial charge in [0.15, 0.2) is 0 Å². The molecule has 144 valence electrons. The molecule has 6 nitrogen and oxygen atoms in total. The van der Waals surface area contributed by atoms with Crippen LogP contribution in [-0.4, -0.2) is 49.6 Å². The number of hydrogen-bond donors (Lipinski definition) is 1. The molecular weight excluding hydrogens is 346 g/mol. The van der Waals surface area contributed by atoms with Crippen LogP contribution >= 0.6 is 0 Å². The van der Waals surface area contributed by atoms with Crippen molar-refractivity contribution in [3.63, 3.8) is 0 Å². The third-order valence-electron chi connectivity index (χ3n) is 4.12. The lowest BCUT2D eigenvalue weighted by molar-refractivity contribution is -0.149. The van der Waals surface area contributed by atoms with E-state index in [0.717, 1.165) is 5.56 Å². The Morgan fingerprint density at radius 2 is 2.04 bits per heavy atom. The number of halogens is 2. The molecule has 1 saturated heterocycles. The minimum atomic E-state index is -2.53. The molecule has 0 spiro atoms. The summed E-state index contributed by atoms with van der Waals surface area (Å²) in [5, 5.41) is 2.80. The first-order valence-electron chi connectivity index (χ1n) is 8.69. The number of carbonyl (C=O) groups is 2. The summed E-state index contributed by atoms with van der Waals surface area (Å²) in [5.74, 6) is -0.0110. The van der Waals surface area contributed by atoms with Gasteiger partial charge < -0.3 is 19.7 Å². The number of nitrogens with one attached hydrogen (secondary N) is 1. The lowest BCUT2D eigenvalue weighted by Gasteiger charge is -2.30. The van der Waals surface area contributed by atoms with Gasteiger partial charge in [-0.05, 0) is 37.5 Å². The number of likely N-dealkylation sites (tertiary alicyclic amines) is 1. The maximum absolute atomic E-state index is 12.2. The number of amides is 2. The molecule has 2 rings (SSSR count). The topological polar surface area (TPSA) is 67.9 Å². The van der Waals surface area contributed by atoms with Crippen molar-refractivity contribution < 1.29 is 27.8 Å². The first-order valence-corrected chi connectivity index (χ1v) is 8.69. The highest BCUT2D eigenvalue weighted by molar-refractivity contribution is 5.76. The van der Waals surface area contributed by atoms with Crippen LogP contribution < -0.4 is 10.1 Å². The lowest BCUT2D eigenvalue weighted by atomic mass is 9.97. The molecule has 1 fully saturated rings. The Kier molecular flexibility index (Phi) is 7.62. The average molecular weight is 370 g/mol. The SMILES string of the molecule is CCOC(=O)C1CCN(C(=O)NCc2cccc(OCC(F)F)c2)CC1. The maximum Gasteiger partial charge on any atom is 0.317 e. The van der Waals surface area contributed by atoms with Gasteiger partial charge in [0, 0.05) is 19.6 Å². The Labute approximate surface area is 151 Å². The van der Waals surface area contributed by atoms with Crippen molar-refractivity contribution in [1.29, 1.82) is 0 Å². The molecule has 0 aromatic heterocycles. The van der Waals surface area contributed by atoms with Crippen LogP contribution in [0.3, 0.4) is 0 Å². The Hall–Kier alpha value is -2.38. The van der Waals surface area contributed by atoms with Gasteiger partial charge in [-0.1, -0.05) is 12.1 Å². The number of rotatable bonds is 7. The first kappa shape index (κ1) is 19.9. The zero-order valence-corrected chi connectivity index (χ0v) is 14.7. The zero-order valence-electron chi connectivity index (χ0n) is 14.7. The third kappa shape index (κ3) is 6.16. The van der Waals surface area contributed by atoms with Gasteiger partial charge in [-0.3, -0.25) is 4.79 Å². The molecule has 0 radical (unpaired) electrons. The highest BCUT2D eigenvalue weighted by atomic mass is 19.3. The summed E-state index contributed by atoms with van der Waals surface area (Å²) in [6, 6.07) is 6.46. The quantitative estimate of drug-likeness (QED) is 0.750. The molecule has 2 amide bonds. The summed E-state index contributed by atoms with van der Waals surface area (Å²) in [5.41, 5.74) is 0.756. The molecule has 26 heavy (non-hydrogen) atoms. The van der Waals surface area contributed by atoms with Crippen molar-refractivity contribution >= 4 is 12.0 Å². The molecule has 1 aliphatic rings. The fourth-order valence-electron chi connectivity index (χ4n) is 2.77. The van der Waals surface area contributed by atoms with Crippen molar-refractivity contribution in [3.8, 4) is 5.75 Å². The van der Waals surface area contributed by atoms with E-state index in [1.165, 1.54) is 0 Å². The molecular formula is C18H24F2N2O4. The van der Waals surface area contributed by atoms with Gasteiger partial charge in [-0.2, -0.15) is 0 Å². The summed E-state index contributed by atoms with van der Waals surface area (Å²) < 4.78 is 34.3. The van der Waals surface area contributed by atoms with Crippen LogP contribution in [0.15, 0.2) is 24.3 Å². The van der Waals surface area contributed by atoms with E-state index in [0.29, 0.717) is 38.3 Å². The number of nitrogens with zero attached hydrogens (tertiary/aromatic N) is 1. The second kappa shape index (κ2) is 9.94. The van der Waals surface area contributed by atoms with Crippen molar-refractivity contribution in [1.82, 2.24) is 10.2 Å². The number of benzene rings is 1. The van der Waals surface area contributed by atoms with E-state index in [1.54, 1.807) is 36.1 Å². The van der Waals surface area contributed by atoms with E-state index in [-0.39, 0.29) is 24.5 Å². The molecule has 0 unspecified atom stereocenters. The number of alkyl halides is 2.